The van der Waals surface area contributed by atoms with Crippen LogP contribution in [0.3, 0.4) is 0 Å². The number of carboxylic acid groups (broad SMARTS) is 1. The first-order valence-electron chi connectivity index (χ1n) is 5.26. The number of carboxylic acids is 1. The van der Waals surface area contributed by atoms with Gasteiger partial charge in [-0.1, -0.05) is 11.6 Å². The first-order valence-corrected chi connectivity index (χ1v) is 6.45. The minimum atomic E-state index is -1.09. The highest BCUT2D eigenvalue weighted by atomic mass is 35.5. The van der Waals surface area contributed by atoms with Gasteiger partial charge in [-0.15, -0.1) is 11.3 Å². The van der Waals surface area contributed by atoms with Crippen molar-refractivity contribution in [1.29, 1.82) is 0 Å². The molecule has 6 heteroatoms. The van der Waals surface area contributed by atoms with Crippen LogP contribution < -0.4 is 0 Å². The maximum Gasteiger partial charge on any atom is 0.329 e. The highest BCUT2D eigenvalue weighted by Gasteiger charge is 2.46. The van der Waals surface area contributed by atoms with Gasteiger partial charge in [-0.05, 0) is 31.9 Å². The van der Waals surface area contributed by atoms with Gasteiger partial charge in [0.05, 0.1) is 9.21 Å². The summed E-state index contributed by atoms with van der Waals surface area (Å²) >= 11 is 6.95. The number of hydrogen-bond acceptors (Lipinski definition) is 3. The Labute approximate surface area is 108 Å². The molecule has 17 heavy (non-hydrogen) atoms. The number of carbonyl (C=O) groups excluding carboxylic acids is 1. The number of thiophene rings is 1. The van der Waals surface area contributed by atoms with E-state index in [9.17, 15) is 14.7 Å². The van der Waals surface area contributed by atoms with E-state index in [0.717, 1.165) is 0 Å². The van der Waals surface area contributed by atoms with Crippen molar-refractivity contribution in [2.24, 2.45) is 0 Å². The molecule has 1 unspecified atom stereocenters. The molecule has 1 atom stereocenters. The summed E-state index contributed by atoms with van der Waals surface area (Å²) in [4.78, 5) is 25.4. The summed E-state index contributed by atoms with van der Waals surface area (Å²) < 4.78 is 0.532. The molecule has 1 amide bonds. The van der Waals surface area contributed by atoms with Crippen molar-refractivity contribution in [1.82, 2.24) is 4.90 Å². The normalized spacial score (nSPS) is 24.0. The van der Waals surface area contributed by atoms with Gasteiger partial charge in [-0.25, -0.2) is 4.79 Å². The lowest BCUT2D eigenvalue weighted by Crippen LogP contribution is -2.50. The van der Waals surface area contributed by atoms with Gasteiger partial charge < -0.3 is 10.0 Å². The van der Waals surface area contributed by atoms with Crippen LogP contribution in [0, 0.1) is 0 Å². The third kappa shape index (κ3) is 2.05. The topological polar surface area (TPSA) is 57.6 Å². The van der Waals surface area contributed by atoms with Crippen LogP contribution in [0.5, 0.6) is 0 Å². The number of rotatable bonds is 2. The molecule has 1 fully saturated rings. The Morgan fingerprint density at radius 3 is 2.76 bits per heavy atom. The van der Waals surface area contributed by atoms with E-state index in [-0.39, 0.29) is 5.91 Å². The van der Waals surface area contributed by atoms with Crippen LogP contribution in [0.2, 0.25) is 4.34 Å². The van der Waals surface area contributed by atoms with E-state index in [2.05, 4.69) is 0 Å². The number of amides is 1. The Kier molecular flexibility index (Phi) is 3.14. The molecule has 2 heterocycles. The molecule has 0 saturated carbocycles. The van der Waals surface area contributed by atoms with Crippen molar-refractivity contribution in [3.05, 3.63) is 21.3 Å². The molecule has 1 aliphatic rings. The zero-order chi connectivity index (χ0) is 12.6. The second-order valence-electron chi connectivity index (χ2n) is 4.24. The number of halogens is 1. The minimum Gasteiger partial charge on any atom is -0.480 e. The van der Waals surface area contributed by atoms with E-state index in [0.29, 0.717) is 28.6 Å². The quantitative estimate of drug-likeness (QED) is 0.901. The van der Waals surface area contributed by atoms with Crippen molar-refractivity contribution >= 4 is 34.8 Å². The van der Waals surface area contributed by atoms with E-state index in [4.69, 9.17) is 11.6 Å². The van der Waals surface area contributed by atoms with Gasteiger partial charge in [0.1, 0.15) is 5.54 Å². The van der Waals surface area contributed by atoms with Crippen LogP contribution >= 0.6 is 22.9 Å². The molecule has 0 aliphatic carbocycles. The fraction of sp³-hybridized carbons (Fsp3) is 0.455. The van der Waals surface area contributed by atoms with Crippen LogP contribution in [0.4, 0.5) is 0 Å². The molecule has 1 aromatic heterocycles. The fourth-order valence-corrected chi connectivity index (χ4v) is 3.07. The zero-order valence-corrected chi connectivity index (χ0v) is 10.8. The number of nitrogens with zero attached hydrogens (tertiary/aromatic N) is 1. The molecule has 2 rings (SSSR count). The van der Waals surface area contributed by atoms with Crippen molar-refractivity contribution in [3.63, 3.8) is 0 Å². The molecular formula is C11H12ClNO3S. The summed E-state index contributed by atoms with van der Waals surface area (Å²) in [6, 6.07) is 3.28. The third-order valence-electron chi connectivity index (χ3n) is 3.13. The van der Waals surface area contributed by atoms with Crippen molar-refractivity contribution < 1.29 is 14.7 Å². The molecule has 0 bridgehead atoms. The summed E-state index contributed by atoms with van der Waals surface area (Å²) in [6.07, 6.45) is 1.21. The number of carbonyl (C=O) groups is 2. The Hall–Kier alpha value is -1.07. The van der Waals surface area contributed by atoms with Gasteiger partial charge in [0.25, 0.3) is 5.91 Å². The summed E-state index contributed by atoms with van der Waals surface area (Å²) in [5.74, 6) is -1.20. The first kappa shape index (κ1) is 12.4. The molecule has 4 nitrogen and oxygen atoms in total. The van der Waals surface area contributed by atoms with Gasteiger partial charge >= 0.3 is 5.97 Å². The number of likely N-dealkylation sites (tertiary alicyclic amines) is 1. The van der Waals surface area contributed by atoms with Gasteiger partial charge in [-0.3, -0.25) is 4.79 Å². The first-order chi connectivity index (χ1) is 7.95. The molecular weight excluding hydrogens is 262 g/mol. The Bertz CT molecular complexity index is 473. The summed E-state index contributed by atoms with van der Waals surface area (Å²) in [5, 5.41) is 9.23. The van der Waals surface area contributed by atoms with Crippen LogP contribution in [0.25, 0.3) is 0 Å². The van der Waals surface area contributed by atoms with Gasteiger partial charge in [-0.2, -0.15) is 0 Å². The predicted molar refractivity (Wildman–Crippen MR) is 65.6 cm³/mol. The molecule has 1 aliphatic heterocycles. The Balaban J connectivity index is 2.28. The summed E-state index contributed by atoms with van der Waals surface area (Å²) in [6.45, 7) is 2.08. The predicted octanol–water partition coefficient (Wildman–Crippen LogP) is 2.48. The molecule has 92 valence electrons. The van der Waals surface area contributed by atoms with Gasteiger partial charge in [0.15, 0.2) is 0 Å². The zero-order valence-electron chi connectivity index (χ0n) is 9.27. The SMILES string of the molecule is CC1(C(=O)O)CCCN1C(=O)c1ccc(Cl)s1. The molecule has 0 aromatic carbocycles. The molecule has 1 saturated heterocycles. The van der Waals surface area contributed by atoms with Gasteiger partial charge in [0, 0.05) is 6.54 Å². The summed E-state index contributed by atoms with van der Waals surface area (Å²) in [5.41, 5.74) is -1.09. The van der Waals surface area contributed by atoms with Crippen molar-refractivity contribution in [3.8, 4) is 0 Å². The van der Waals surface area contributed by atoms with E-state index < -0.39 is 11.5 Å². The minimum absolute atomic E-state index is 0.246. The average Bonchev–Trinajstić information content (AvgIpc) is 2.85. The standard InChI is InChI=1S/C11H12ClNO3S/c1-11(10(15)16)5-2-6-13(11)9(14)7-3-4-8(12)17-7/h3-4H,2,5-6H2,1H3,(H,15,16). The molecule has 1 aromatic rings. The smallest absolute Gasteiger partial charge is 0.329 e. The van der Waals surface area contributed by atoms with Crippen LogP contribution in [-0.4, -0.2) is 34.0 Å². The number of aliphatic carboxylic acids is 1. The lowest BCUT2D eigenvalue weighted by atomic mass is 9.99. The second-order valence-corrected chi connectivity index (χ2v) is 5.96. The molecule has 1 N–H and O–H groups in total. The Morgan fingerprint density at radius 1 is 1.53 bits per heavy atom. The van der Waals surface area contributed by atoms with Crippen LogP contribution in [-0.2, 0) is 4.79 Å². The molecule has 0 spiro atoms. The monoisotopic (exact) mass is 273 g/mol. The maximum atomic E-state index is 12.2. The molecule has 0 radical (unpaired) electrons. The van der Waals surface area contributed by atoms with Gasteiger partial charge in [0.2, 0.25) is 0 Å². The highest BCUT2D eigenvalue weighted by molar-refractivity contribution is 7.17. The lowest BCUT2D eigenvalue weighted by molar-refractivity contribution is -0.147. The fourth-order valence-electron chi connectivity index (χ4n) is 2.07. The van der Waals surface area contributed by atoms with E-state index >= 15 is 0 Å². The number of hydrogen-bond donors (Lipinski definition) is 1. The third-order valence-corrected chi connectivity index (χ3v) is 4.35. The van der Waals surface area contributed by atoms with E-state index in [1.807, 2.05) is 0 Å². The van der Waals surface area contributed by atoms with Crippen LogP contribution in [0.15, 0.2) is 12.1 Å². The van der Waals surface area contributed by atoms with E-state index in [1.165, 1.54) is 16.2 Å². The van der Waals surface area contributed by atoms with Crippen molar-refractivity contribution in [2.45, 2.75) is 25.3 Å². The lowest BCUT2D eigenvalue weighted by Gasteiger charge is -2.30. The largest absolute Gasteiger partial charge is 0.480 e. The highest BCUT2D eigenvalue weighted by Crippen LogP contribution is 2.32. The summed E-state index contributed by atoms with van der Waals surface area (Å²) in [7, 11) is 0. The Morgan fingerprint density at radius 2 is 2.24 bits per heavy atom. The maximum absolute atomic E-state index is 12.2. The second kappa shape index (κ2) is 4.31. The average molecular weight is 274 g/mol. The van der Waals surface area contributed by atoms with Crippen molar-refractivity contribution in [2.75, 3.05) is 6.54 Å². The van der Waals surface area contributed by atoms with E-state index in [1.54, 1.807) is 19.1 Å². The van der Waals surface area contributed by atoms with Crippen LogP contribution in [0.1, 0.15) is 29.4 Å².